The lowest BCUT2D eigenvalue weighted by Gasteiger charge is -2.46. The number of rotatable bonds is 3. The predicted octanol–water partition coefficient (Wildman–Crippen LogP) is 2.71. The van der Waals surface area contributed by atoms with Gasteiger partial charge < -0.3 is 10.6 Å². The van der Waals surface area contributed by atoms with Crippen molar-refractivity contribution in [1.29, 1.82) is 0 Å². The highest BCUT2D eigenvalue weighted by Crippen LogP contribution is 2.29. The first-order valence-electron chi connectivity index (χ1n) is 7.48. The number of carbonyl (C=O) groups is 1. The van der Waals surface area contributed by atoms with Gasteiger partial charge in [0.2, 0.25) is 5.95 Å². The third kappa shape index (κ3) is 4.00. The normalized spacial score (nSPS) is 21.0. The van der Waals surface area contributed by atoms with Crippen LogP contribution in [0.4, 0.5) is 5.95 Å². The summed E-state index contributed by atoms with van der Waals surface area (Å²) in [7, 11) is 0. The average Bonchev–Trinajstić information content (AvgIpc) is 2.23. The van der Waals surface area contributed by atoms with Gasteiger partial charge in [0.05, 0.1) is 11.3 Å². The fraction of sp³-hybridized carbons (Fsp3) is 0.688. The molecule has 2 N–H and O–H groups in total. The Hall–Kier alpha value is -1.49. The molecule has 0 saturated carbocycles. The Kier molecular flexibility index (Phi) is 4.06. The van der Waals surface area contributed by atoms with Gasteiger partial charge in [-0.1, -0.05) is 0 Å². The van der Waals surface area contributed by atoms with E-state index in [1.54, 1.807) is 6.20 Å². The summed E-state index contributed by atoms with van der Waals surface area (Å²) in [6.07, 6.45) is 3.63. The molecule has 0 unspecified atom stereocenters. The van der Waals surface area contributed by atoms with Gasteiger partial charge in [0.25, 0.3) is 0 Å². The van der Waals surface area contributed by atoms with Gasteiger partial charge >= 0.3 is 0 Å². The van der Waals surface area contributed by atoms with Gasteiger partial charge in [-0.15, -0.1) is 0 Å². The van der Waals surface area contributed by atoms with E-state index in [-0.39, 0.29) is 16.9 Å². The number of nitrogens with one attached hydrogen (secondary N) is 2. The molecule has 0 radical (unpaired) electrons. The van der Waals surface area contributed by atoms with E-state index < -0.39 is 0 Å². The first kappa shape index (κ1) is 15.9. The molecule has 0 atom stereocenters. The molecule has 0 spiro atoms. The van der Waals surface area contributed by atoms with Gasteiger partial charge in [0.15, 0.2) is 5.78 Å². The van der Waals surface area contributed by atoms with Crippen molar-refractivity contribution in [3.05, 3.63) is 17.5 Å². The molecule has 1 aromatic rings. The maximum Gasteiger partial charge on any atom is 0.223 e. The highest BCUT2D eigenvalue weighted by molar-refractivity contribution is 5.94. The van der Waals surface area contributed by atoms with Crippen LogP contribution in [0.1, 0.15) is 63.5 Å². The smallest absolute Gasteiger partial charge is 0.223 e. The van der Waals surface area contributed by atoms with Crippen LogP contribution in [0.2, 0.25) is 0 Å². The first-order valence-corrected chi connectivity index (χ1v) is 7.48. The van der Waals surface area contributed by atoms with E-state index in [0.717, 1.165) is 18.5 Å². The molecule has 0 amide bonds. The Bertz CT molecular complexity index is 535. The van der Waals surface area contributed by atoms with Gasteiger partial charge in [0, 0.05) is 23.3 Å². The highest BCUT2D eigenvalue weighted by atomic mass is 16.1. The Morgan fingerprint density at radius 1 is 1.29 bits per heavy atom. The van der Waals surface area contributed by atoms with E-state index in [1.165, 1.54) is 6.92 Å². The van der Waals surface area contributed by atoms with Crippen LogP contribution in [0.25, 0.3) is 0 Å². The lowest BCUT2D eigenvalue weighted by molar-refractivity contribution is 0.101. The molecular weight excluding hydrogens is 264 g/mol. The zero-order chi connectivity index (χ0) is 15.8. The molecule has 2 rings (SSSR count). The molecule has 116 valence electrons. The number of piperidine rings is 1. The molecule has 1 saturated heterocycles. The summed E-state index contributed by atoms with van der Waals surface area (Å²) in [6.45, 7) is 12.2. The Balaban J connectivity index is 2.14. The SMILES string of the molecule is CC(=O)c1cnc(NC2CC(C)(C)NC(C)(C)C2)nc1C. The zero-order valence-corrected chi connectivity index (χ0v) is 13.9. The summed E-state index contributed by atoms with van der Waals surface area (Å²) in [4.78, 5) is 20.1. The molecule has 21 heavy (non-hydrogen) atoms. The van der Waals surface area contributed by atoms with Crippen LogP contribution in [0.5, 0.6) is 0 Å². The van der Waals surface area contributed by atoms with Crippen LogP contribution in [0, 0.1) is 6.92 Å². The summed E-state index contributed by atoms with van der Waals surface area (Å²) in [6, 6.07) is 0.318. The molecular formula is C16H26N4O. The molecule has 1 aliphatic rings. The highest BCUT2D eigenvalue weighted by Gasteiger charge is 2.37. The third-order valence-electron chi connectivity index (χ3n) is 3.88. The van der Waals surface area contributed by atoms with Crippen LogP contribution in [0.3, 0.4) is 0 Å². The van der Waals surface area contributed by atoms with Crippen molar-refractivity contribution in [3.63, 3.8) is 0 Å². The van der Waals surface area contributed by atoms with Crippen molar-refractivity contribution in [2.45, 2.75) is 71.5 Å². The molecule has 0 aromatic carbocycles. The van der Waals surface area contributed by atoms with Crippen molar-refractivity contribution >= 4 is 11.7 Å². The van der Waals surface area contributed by atoms with Gasteiger partial charge in [-0.05, 0) is 54.4 Å². The van der Waals surface area contributed by atoms with Crippen molar-refractivity contribution in [2.24, 2.45) is 0 Å². The Labute approximate surface area is 127 Å². The minimum Gasteiger partial charge on any atom is -0.351 e. The van der Waals surface area contributed by atoms with Crippen molar-refractivity contribution in [3.8, 4) is 0 Å². The Morgan fingerprint density at radius 3 is 2.33 bits per heavy atom. The Morgan fingerprint density at radius 2 is 1.86 bits per heavy atom. The van der Waals surface area contributed by atoms with Gasteiger partial charge in [0.1, 0.15) is 0 Å². The van der Waals surface area contributed by atoms with Gasteiger partial charge in [-0.2, -0.15) is 0 Å². The maximum absolute atomic E-state index is 11.4. The van der Waals surface area contributed by atoms with E-state index in [1.807, 2.05) is 6.92 Å². The summed E-state index contributed by atoms with van der Waals surface area (Å²) in [5.74, 6) is 0.610. The minimum absolute atomic E-state index is 0.00295. The molecule has 1 fully saturated rings. The number of aryl methyl sites for hydroxylation is 1. The second kappa shape index (κ2) is 5.37. The molecule has 1 aliphatic heterocycles. The zero-order valence-electron chi connectivity index (χ0n) is 13.9. The van der Waals surface area contributed by atoms with Crippen molar-refractivity contribution in [1.82, 2.24) is 15.3 Å². The lowest BCUT2D eigenvalue weighted by atomic mass is 9.80. The fourth-order valence-corrected chi connectivity index (χ4v) is 3.49. The monoisotopic (exact) mass is 290 g/mol. The van der Waals surface area contributed by atoms with Crippen LogP contribution >= 0.6 is 0 Å². The van der Waals surface area contributed by atoms with E-state index in [2.05, 4.69) is 48.3 Å². The van der Waals surface area contributed by atoms with Gasteiger partial charge in [-0.3, -0.25) is 4.79 Å². The second-order valence-electron chi connectivity index (χ2n) is 7.39. The average molecular weight is 290 g/mol. The number of aromatic nitrogens is 2. The van der Waals surface area contributed by atoms with Crippen LogP contribution < -0.4 is 10.6 Å². The van der Waals surface area contributed by atoms with Gasteiger partial charge in [-0.25, -0.2) is 9.97 Å². The number of hydrogen-bond acceptors (Lipinski definition) is 5. The first-order chi connectivity index (χ1) is 9.58. The number of nitrogens with zero attached hydrogens (tertiary/aromatic N) is 2. The lowest BCUT2D eigenvalue weighted by Crippen LogP contribution is -2.60. The van der Waals surface area contributed by atoms with Crippen LogP contribution in [-0.4, -0.2) is 32.9 Å². The third-order valence-corrected chi connectivity index (χ3v) is 3.88. The quantitative estimate of drug-likeness (QED) is 0.838. The minimum atomic E-state index is 0.00295. The number of anilines is 1. The number of hydrogen-bond donors (Lipinski definition) is 2. The molecule has 0 aliphatic carbocycles. The molecule has 5 nitrogen and oxygen atoms in total. The largest absolute Gasteiger partial charge is 0.351 e. The molecule has 1 aromatic heterocycles. The number of Topliss-reactive ketones (excluding diaryl/α,β-unsaturated/α-hetero) is 1. The summed E-state index contributed by atoms with van der Waals surface area (Å²) < 4.78 is 0. The maximum atomic E-state index is 11.4. The molecule has 0 bridgehead atoms. The summed E-state index contributed by atoms with van der Waals surface area (Å²) in [5.41, 5.74) is 1.47. The molecule has 5 heteroatoms. The standard InChI is InChI=1S/C16H26N4O/c1-10-13(11(2)21)9-17-14(18-10)19-12-7-15(3,4)20-16(5,6)8-12/h9,12,20H,7-8H2,1-6H3,(H,17,18,19). The van der Waals surface area contributed by atoms with E-state index in [4.69, 9.17) is 0 Å². The predicted molar refractivity (Wildman–Crippen MR) is 84.7 cm³/mol. The van der Waals surface area contributed by atoms with E-state index in [9.17, 15) is 4.79 Å². The molecule has 2 heterocycles. The van der Waals surface area contributed by atoms with E-state index >= 15 is 0 Å². The van der Waals surface area contributed by atoms with Crippen molar-refractivity contribution in [2.75, 3.05) is 5.32 Å². The number of carbonyl (C=O) groups excluding carboxylic acids is 1. The van der Waals surface area contributed by atoms with Crippen LogP contribution in [0.15, 0.2) is 6.20 Å². The summed E-state index contributed by atoms with van der Waals surface area (Å²) in [5, 5.41) is 7.08. The summed E-state index contributed by atoms with van der Waals surface area (Å²) >= 11 is 0. The number of ketones is 1. The van der Waals surface area contributed by atoms with Crippen LogP contribution in [-0.2, 0) is 0 Å². The second-order valence-corrected chi connectivity index (χ2v) is 7.39. The fourth-order valence-electron chi connectivity index (χ4n) is 3.49. The van der Waals surface area contributed by atoms with E-state index in [0.29, 0.717) is 17.6 Å². The topological polar surface area (TPSA) is 66.9 Å². The van der Waals surface area contributed by atoms with Crippen molar-refractivity contribution < 1.29 is 4.79 Å².